The number of aliphatic hydroxyl groups excluding tert-OH is 1. The summed E-state index contributed by atoms with van der Waals surface area (Å²) in [5.74, 6) is 4.29. The first kappa shape index (κ1) is 16.7. The van der Waals surface area contributed by atoms with Crippen molar-refractivity contribution in [3.8, 4) is 17.9 Å². The normalized spacial score (nSPS) is 11.0. The van der Waals surface area contributed by atoms with Gasteiger partial charge in [0, 0.05) is 25.6 Å². The zero-order chi connectivity index (χ0) is 15.8. The summed E-state index contributed by atoms with van der Waals surface area (Å²) >= 11 is 0. The van der Waals surface area contributed by atoms with Crippen molar-refractivity contribution < 1.29 is 14.3 Å². The van der Waals surface area contributed by atoms with Gasteiger partial charge in [-0.05, 0) is 25.1 Å². The number of carbonyl (C=O) groups is 1. The Kier molecular flexibility index (Phi) is 6.39. The molecule has 1 atom stereocenters. The summed E-state index contributed by atoms with van der Waals surface area (Å²) in [6.45, 7) is 1.91. The zero-order valence-electron chi connectivity index (χ0n) is 12.1. The van der Waals surface area contributed by atoms with Crippen molar-refractivity contribution in [3.05, 3.63) is 35.1 Å². The molecule has 0 bridgehead atoms. The van der Waals surface area contributed by atoms with Crippen LogP contribution >= 0.6 is 0 Å². The Morgan fingerprint density at radius 2 is 2.24 bits per heavy atom. The van der Waals surface area contributed by atoms with E-state index in [2.05, 4.69) is 17.9 Å². The third-order valence-corrected chi connectivity index (χ3v) is 2.79. The van der Waals surface area contributed by atoms with E-state index in [-0.39, 0.29) is 42.5 Å². The molecule has 0 saturated heterocycles. The van der Waals surface area contributed by atoms with E-state index >= 15 is 0 Å². The number of aliphatic hydroxyl groups is 1. The topological polar surface area (TPSA) is 64.3 Å². The van der Waals surface area contributed by atoms with E-state index in [1.54, 1.807) is 14.0 Å². The van der Waals surface area contributed by atoms with E-state index in [9.17, 15) is 9.18 Å². The van der Waals surface area contributed by atoms with Gasteiger partial charge in [0.15, 0.2) is 0 Å². The molecule has 1 rings (SSSR count). The van der Waals surface area contributed by atoms with E-state index < -0.39 is 5.82 Å². The van der Waals surface area contributed by atoms with Crippen LogP contribution in [-0.2, 0) is 0 Å². The average molecular weight is 288 g/mol. The molecule has 1 unspecified atom stereocenters. The second kappa shape index (κ2) is 8.04. The highest BCUT2D eigenvalue weighted by Crippen LogP contribution is 2.13. The number of benzene rings is 1. The fourth-order valence-corrected chi connectivity index (χ4v) is 1.76. The summed E-state index contributed by atoms with van der Waals surface area (Å²) in [6.07, 6.45) is 0.255. The molecule has 0 aromatic heterocycles. The first-order valence-electron chi connectivity index (χ1n) is 6.54. The lowest BCUT2D eigenvalue weighted by Gasteiger charge is -2.19. The maximum absolute atomic E-state index is 13.3. The van der Waals surface area contributed by atoms with Gasteiger partial charge in [-0.2, -0.15) is 5.26 Å². The van der Waals surface area contributed by atoms with Gasteiger partial charge in [0.2, 0.25) is 0 Å². The molecular weight excluding hydrogens is 271 g/mol. The Bertz CT molecular complexity index is 611. The van der Waals surface area contributed by atoms with Crippen molar-refractivity contribution in [1.29, 1.82) is 5.26 Å². The van der Waals surface area contributed by atoms with Gasteiger partial charge < -0.3 is 10.0 Å². The lowest BCUT2D eigenvalue weighted by molar-refractivity contribution is 0.0785. The lowest BCUT2D eigenvalue weighted by atomic mass is 10.1. The highest BCUT2D eigenvalue weighted by molar-refractivity contribution is 5.96. The molecule has 0 aliphatic rings. The van der Waals surface area contributed by atoms with Crippen molar-refractivity contribution in [2.45, 2.75) is 13.3 Å². The van der Waals surface area contributed by atoms with Crippen LogP contribution in [0.5, 0.6) is 0 Å². The van der Waals surface area contributed by atoms with Gasteiger partial charge in [-0.15, -0.1) is 0 Å². The van der Waals surface area contributed by atoms with Gasteiger partial charge in [0.25, 0.3) is 5.91 Å². The summed E-state index contributed by atoms with van der Waals surface area (Å²) in [7, 11) is 1.59. The monoisotopic (exact) mass is 288 g/mol. The van der Waals surface area contributed by atoms with Crippen molar-refractivity contribution >= 4 is 5.91 Å². The molecule has 1 amide bonds. The average Bonchev–Trinajstić information content (AvgIpc) is 2.46. The highest BCUT2D eigenvalue weighted by Gasteiger charge is 2.17. The molecule has 0 saturated carbocycles. The quantitative estimate of drug-likeness (QED) is 0.859. The Hall–Kier alpha value is -2.37. The van der Waals surface area contributed by atoms with Crippen LogP contribution in [0, 0.1) is 34.9 Å². The van der Waals surface area contributed by atoms with Gasteiger partial charge in [-0.3, -0.25) is 4.79 Å². The minimum atomic E-state index is -0.479. The first-order chi connectivity index (χ1) is 9.99. The summed E-state index contributed by atoms with van der Waals surface area (Å²) in [6, 6.07) is 5.84. The first-order valence-corrected chi connectivity index (χ1v) is 6.54. The van der Waals surface area contributed by atoms with Gasteiger partial charge in [0.1, 0.15) is 5.82 Å². The molecule has 0 aliphatic carbocycles. The van der Waals surface area contributed by atoms with E-state index in [1.807, 2.05) is 0 Å². The molecule has 0 radical (unpaired) electrons. The number of halogens is 1. The summed E-state index contributed by atoms with van der Waals surface area (Å²) in [5.41, 5.74) is 0.569. The Morgan fingerprint density at radius 3 is 2.86 bits per heavy atom. The Morgan fingerprint density at radius 1 is 1.52 bits per heavy atom. The number of nitriles is 1. The van der Waals surface area contributed by atoms with Gasteiger partial charge >= 0.3 is 0 Å². The minimum absolute atomic E-state index is 0.0921. The van der Waals surface area contributed by atoms with Crippen LogP contribution < -0.4 is 0 Å². The highest BCUT2D eigenvalue weighted by atomic mass is 19.1. The van der Waals surface area contributed by atoms with Crippen LogP contribution in [0.3, 0.4) is 0 Å². The van der Waals surface area contributed by atoms with Crippen molar-refractivity contribution in [2.75, 3.05) is 20.2 Å². The van der Waals surface area contributed by atoms with Crippen molar-refractivity contribution in [3.63, 3.8) is 0 Å². The lowest BCUT2D eigenvalue weighted by Crippen LogP contribution is -2.31. The number of hydrogen-bond acceptors (Lipinski definition) is 3. The molecule has 4 nitrogen and oxygen atoms in total. The van der Waals surface area contributed by atoms with Crippen LogP contribution in [0.1, 0.15) is 29.3 Å². The van der Waals surface area contributed by atoms with E-state index in [0.717, 1.165) is 0 Å². The predicted octanol–water partition coefficient (Wildman–Crippen LogP) is 1.79. The zero-order valence-corrected chi connectivity index (χ0v) is 12.1. The van der Waals surface area contributed by atoms with E-state index in [0.29, 0.717) is 0 Å². The molecule has 0 aliphatic heterocycles. The van der Waals surface area contributed by atoms with Crippen LogP contribution in [0.15, 0.2) is 18.2 Å². The number of carbonyl (C=O) groups excluding carboxylic acids is 1. The largest absolute Gasteiger partial charge is 0.395 e. The number of amides is 1. The Balaban J connectivity index is 3.04. The summed E-state index contributed by atoms with van der Waals surface area (Å²) in [4.78, 5) is 13.8. The maximum Gasteiger partial charge on any atom is 0.254 e. The van der Waals surface area contributed by atoms with Gasteiger partial charge in [0.05, 0.1) is 24.2 Å². The second-order valence-corrected chi connectivity index (χ2v) is 4.68. The third kappa shape index (κ3) is 4.91. The predicted molar refractivity (Wildman–Crippen MR) is 76.7 cm³/mol. The number of hydrogen-bond donors (Lipinski definition) is 1. The smallest absolute Gasteiger partial charge is 0.254 e. The van der Waals surface area contributed by atoms with Crippen LogP contribution in [-0.4, -0.2) is 36.1 Å². The molecule has 1 aromatic rings. The number of nitrogens with zero attached hydrogens (tertiary/aromatic N) is 2. The van der Waals surface area contributed by atoms with E-state index in [1.165, 1.54) is 23.1 Å². The molecule has 0 fully saturated rings. The van der Waals surface area contributed by atoms with Crippen molar-refractivity contribution in [1.82, 2.24) is 4.90 Å². The van der Waals surface area contributed by atoms with Crippen LogP contribution in [0.2, 0.25) is 0 Å². The second-order valence-electron chi connectivity index (χ2n) is 4.68. The van der Waals surface area contributed by atoms with Crippen molar-refractivity contribution in [2.24, 2.45) is 5.92 Å². The SMILES string of the molecule is CC(C#N)CN(C)C(=O)c1ccc(F)cc1C#CCCO. The molecule has 5 heteroatoms. The van der Waals surface area contributed by atoms with Crippen LogP contribution in [0.25, 0.3) is 0 Å². The fraction of sp³-hybridized carbons (Fsp3) is 0.375. The van der Waals surface area contributed by atoms with Gasteiger partial charge in [-0.25, -0.2) is 4.39 Å². The molecule has 21 heavy (non-hydrogen) atoms. The molecule has 1 N–H and O–H groups in total. The fourth-order valence-electron chi connectivity index (χ4n) is 1.76. The maximum atomic E-state index is 13.3. The van der Waals surface area contributed by atoms with Crippen LogP contribution in [0.4, 0.5) is 4.39 Å². The minimum Gasteiger partial charge on any atom is -0.395 e. The van der Waals surface area contributed by atoms with Gasteiger partial charge in [-0.1, -0.05) is 11.8 Å². The third-order valence-electron chi connectivity index (χ3n) is 2.79. The number of rotatable bonds is 4. The molecule has 1 aromatic carbocycles. The Labute approximate surface area is 123 Å². The van der Waals surface area contributed by atoms with E-state index in [4.69, 9.17) is 10.4 Å². The summed E-state index contributed by atoms with van der Waals surface area (Å²) in [5, 5.41) is 17.5. The molecule has 0 spiro atoms. The molecule has 110 valence electrons. The summed E-state index contributed by atoms with van der Waals surface area (Å²) < 4.78 is 13.3. The standard InChI is InChI=1S/C16H17FN2O2/c1-12(10-18)11-19(2)16(21)15-7-6-14(17)9-13(15)5-3-4-8-20/h6-7,9,12,20H,4,8,11H2,1-2H3. The molecule has 0 heterocycles. The molecular formula is C16H17FN2O2.